The molecule has 0 radical (unpaired) electrons. The second-order valence-electron chi connectivity index (χ2n) is 4.62. The number of aliphatic hydroxyl groups is 1. The fourth-order valence-corrected chi connectivity index (χ4v) is 2.28. The number of methoxy groups -OCH3 is 1. The van der Waals surface area contributed by atoms with Crippen molar-refractivity contribution in [1.82, 2.24) is 4.90 Å². The summed E-state index contributed by atoms with van der Waals surface area (Å²) in [5.74, 6) is -0.771. The Morgan fingerprint density at radius 1 is 1.53 bits per heavy atom. The molecule has 0 saturated heterocycles. The molecular formula is C14H18FNO3. The number of nitrogens with zero attached hydrogens (tertiary/aromatic N) is 1. The molecule has 1 amide bonds. The van der Waals surface area contributed by atoms with Crippen LogP contribution in [-0.4, -0.2) is 42.2 Å². The van der Waals surface area contributed by atoms with Crippen molar-refractivity contribution in [2.24, 2.45) is 0 Å². The Hall–Kier alpha value is -1.62. The van der Waals surface area contributed by atoms with Crippen molar-refractivity contribution in [2.45, 2.75) is 25.3 Å². The number of hydrogen-bond donors (Lipinski definition) is 1. The van der Waals surface area contributed by atoms with Gasteiger partial charge in [-0.2, -0.15) is 0 Å². The summed E-state index contributed by atoms with van der Waals surface area (Å²) >= 11 is 0. The minimum absolute atomic E-state index is 0.0506. The van der Waals surface area contributed by atoms with E-state index in [1.165, 1.54) is 19.2 Å². The van der Waals surface area contributed by atoms with Gasteiger partial charge in [0.25, 0.3) is 5.91 Å². The Morgan fingerprint density at radius 3 is 2.79 bits per heavy atom. The summed E-state index contributed by atoms with van der Waals surface area (Å²) in [5, 5.41) is 9.08. The van der Waals surface area contributed by atoms with Gasteiger partial charge >= 0.3 is 0 Å². The molecule has 1 saturated carbocycles. The highest BCUT2D eigenvalue weighted by Crippen LogP contribution is 2.29. The van der Waals surface area contributed by atoms with Crippen LogP contribution in [-0.2, 0) is 0 Å². The van der Waals surface area contributed by atoms with Crippen molar-refractivity contribution in [1.29, 1.82) is 0 Å². The van der Waals surface area contributed by atoms with Gasteiger partial charge in [0.1, 0.15) is 17.1 Å². The van der Waals surface area contributed by atoms with E-state index in [1.807, 2.05) is 0 Å². The summed E-state index contributed by atoms with van der Waals surface area (Å²) in [7, 11) is 1.41. The topological polar surface area (TPSA) is 49.8 Å². The highest BCUT2D eigenvalue weighted by atomic mass is 19.1. The summed E-state index contributed by atoms with van der Waals surface area (Å²) < 4.78 is 18.9. The molecule has 4 nitrogen and oxygen atoms in total. The molecular weight excluding hydrogens is 249 g/mol. The molecule has 0 unspecified atom stereocenters. The second-order valence-corrected chi connectivity index (χ2v) is 4.62. The van der Waals surface area contributed by atoms with Gasteiger partial charge in [0.2, 0.25) is 0 Å². The van der Waals surface area contributed by atoms with Crippen molar-refractivity contribution in [2.75, 3.05) is 20.3 Å². The zero-order chi connectivity index (χ0) is 13.8. The molecule has 1 N–H and O–H groups in total. The van der Waals surface area contributed by atoms with Crippen LogP contribution < -0.4 is 4.74 Å². The quantitative estimate of drug-likeness (QED) is 0.885. The first-order valence-corrected chi connectivity index (χ1v) is 6.43. The van der Waals surface area contributed by atoms with Crippen LogP contribution >= 0.6 is 0 Å². The van der Waals surface area contributed by atoms with Gasteiger partial charge in [0.05, 0.1) is 13.7 Å². The van der Waals surface area contributed by atoms with Gasteiger partial charge in [-0.1, -0.05) is 6.07 Å². The van der Waals surface area contributed by atoms with Crippen LogP contribution in [0.3, 0.4) is 0 Å². The van der Waals surface area contributed by atoms with E-state index >= 15 is 0 Å². The van der Waals surface area contributed by atoms with Crippen LogP contribution in [0.1, 0.15) is 29.6 Å². The molecule has 5 heteroatoms. The Labute approximate surface area is 111 Å². The summed E-state index contributed by atoms with van der Waals surface area (Å²) in [6.45, 7) is 0.0972. The molecule has 0 atom stereocenters. The van der Waals surface area contributed by atoms with E-state index in [-0.39, 0.29) is 30.5 Å². The van der Waals surface area contributed by atoms with Crippen molar-refractivity contribution in [3.05, 3.63) is 29.6 Å². The fourth-order valence-electron chi connectivity index (χ4n) is 2.28. The summed E-state index contributed by atoms with van der Waals surface area (Å²) in [5.41, 5.74) is -0.0506. The molecule has 104 valence electrons. The van der Waals surface area contributed by atoms with Crippen LogP contribution in [0.25, 0.3) is 0 Å². The van der Waals surface area contributed by atoms with E-state index in [1.54, 1.807) is 11.0 Å². The van der Waals surface area contributed by atoms with Crippen molar-refractivity contribution in [3.8, 4) is 5.75 Å². The molecule has 19 heavy (non-hydrogen) atoms. The van der Waals surface area contributed by atoms with Gasteiger partial charge in [-0.25, -0.2) is 4.39 Å². The summed E-state index contributed by atoms with van der Waals surface area (Å²) in [6, 6.07) is 4.41. The maximum Gasteiger partial charge on any atom is 0.260 e. The molecule has 1 fully saturated rings. The van der Waals surface area contributed by atoms with Crippen LogP contribution in [0, 0.1) is 5.82 Å². The van der Waals surface area contributed by atoms with Gasteiger partial charge in [0, 0.05) is 12.6 Å². The molecule has 1 aliphatic carbocycles. The van der Waals surface area contributed by atoms with E-state index < -0.39 is 11.7 Å². The number of benzene rings is 1. The lowest BCUT2D eigenvalue weighted by atomic mass is 9.91. The number of aliphatic hydroxyl groups excluding tert-OH is 1. The first-order chi connectivity index (χ1) is 9.19. The lowest BCUT2D eigenvalue weighted by Gasteiger charge is -2.37. The Morgan fingerprint density at radius 2 is 2.26 bits per heavy atom. The van der Waals surface area contributed by atoms with Crippen LogP contribution in [0.2, 0.25) is 0 Å². The Kier molecular flexibility index (Phi) is 4.37. The summed E-state index contributed by atoms with van der Waals surface area (Å²) in [4.78, 5) is 14.0. The van der Waals surface area contributed by atoms with Gasteiger partial charge in [-0.15, -0.1) is 0 Å². The van der Waals surface area contributed by atoms with Gasteiger partial charge in [0.15, 0.2) is 0 Å². The van der Waals surface area contributed by atoms with Crippen molar-refractivity contribution >= 4 is 5.91 Å². The maximum absolute atomic E-state index is 13.9. The Bertz CT molecular complexity index is 460. The van der Waals surface area contributed by atoms with E-state index in [2.05, 4.69) is 0 Å². The van der Waals surface area contributed by atoms with E-state index in [0.29, 0.717) is 0 Å². The molecule has 0 aliphatic heterocycles. The number of rotatable bonds is 5. The highest BCUT2D eigenvalue weighted by molar-refractivity contribution is 5.97. The van der Waals surface area contributed by atoms with Gasteiger partial charge in [-0.3, -0.25) is 4.79 Å². The lowest BCUT2D eigenvalue weighted by Crippen LogP contribution is -2.46. The average Bonchev–Trinajstić information content (AvgIpc) is 2.35. The van der Waals surface area contributed by atoms with Gasteiger partial charge < -0.3 is 14.7 Å². The molecule has 1 aliphatic rings. The minimum atomic E-state index is -0.591. The monoisotopic (exact) mass is 267 g/mol. The minimum Gasteiger partial charge on any atom is -0.496 e. The first kappa shape index (κ1) is 13.8. The number of hydrogen-bond acceptors (Lipinski definition) is 3. The third-order valence-corrected chi connectivity index (χ3v) is 3.53. The molecule has 0 aromatic heterocycles. The number of amides is 1. The zero-order valence-electron chi connectivity index (χ0n) is 10.9. The predicted molar refractivity (Wildman–Crippen MR) is 68.7 cm³/mol. The smallest absolute Gasteiger partial charge is 0.260 e. The molecule has 0 spiro atoms. The number of carbonyl (C=O) groups is 1. The molecule has 1 aromatic carbocycles. The Balaban J connectivity index is 2.30. The molecule has 1 aromatic rings. The largest absolute Gasteiger partial charge is 0.496 e. The highest BCUT2D eigenvalue weighted by Gasteiger charge is 2.31. The molecule has 0 bridgehead atoms. The number of ether oxygens (including phenoxy) is 1. The van der Waals surface area contributed by atoms with Crippen molar-refractivity contribution in [3.63, 3.8) is 0 Å². The first-order valence-electron chi connectivity index (χ1n) is 6.43. The standard InChI is InChI=1S/C14H18FNO3/c1-19-12-7-3-6-11(15)13(12)14(18)16(8-9-17)10-4-2-5-10/h3,6-7,10,17H,2,4-5,8-9H2,1H3. The average molecular weight is 267 g/mol. The predicted octanol–water partition coefficient (Wildman–Crippen LogP) is 1.82. The molecule has 0 heterocycles. The normalized spacial score (nSPS) is 14.9. The van der Waals surface area contributed by atoms with Crippen LogP contribution in [0.5, 0.6) is 5.75 Å². The third-order valence-electron chi connectivity index (χ3n) is 3.53. The van der Waals surface area contributed by atoms with Crippen LogP contribution in [0.4, 0.5) is 4.39 Å². The summed E-state index contributed by atoms with van der Waals surface area (Å²) in [6.07, 6.45) is 2.87. The van der Waals surface area contributed by atoms with Crippen molar-refractivity contribution < 1.29 is 19.0 Å². The van der Waals surface area contributed by atoms with E-state index in [4.69, 9.17) is 9.84 Å². The lowest BCUT2D eigenvalue weighted by molar-refractivity contribution is 0.0518. The van der Waals surface area contributed by atoms with E-state index in [9.17, 15) is 9.18 Å². The number of carbonyl (C=O) groups excluding carboxylic acids is 1. The van der Waals surface area contributed by atoms with Crippen LogP contribution in [0.15, 0.2) is 18.2 Å². The zero-order valence-corrected chi connectivity index (χ0v) is 10.9. The SMILES string of the molecule is COc1cccc(F)c1C(=O)N(CCO)C1CCC1. The van der Waals surface area contributed by atoms with Gasteiger partial charge in [-0.05, 0) is 31.4 Å². The molecule has 2 rings (SSSR count). The third kappa shape index (κ3) is 2.71. The maximum atomic E-state index is 13.9. The fraction of sp³-hybridized carbons (Fsp3) is 0.500. The second kappa shape index (κ2) is 6.02. The number of halogens is 1. The van der Waals surface area contributed by atoms with E-state index in [0.717, 1.165) is 19.3 Å².